The number of hydrogen-bond acceptors (Lipinski definition) is 2. The highest BCUT2D eigenvalue weighted by molar-refractivity contribution is 6.32. The second-order valence-corrected chi connectivity index (χ2v) is 5.47. The van der Waals surface area contributed by atoms with Gasteiger partial charge in [0.1, 0.15) is 5.75 Å². The van der Waals surface area contributed by atoms with E-state index in [0.29, 0.717) is 21.5 Å². The van der Waals surface area contributed by atoms with Crippen LogP contribution in [0.25, 0.3) is 0 Å². The average Bonchev–Trinajstić information content (AvgIpc) is 2.45. The van der Waals surface area contributed by atoms with Gasteiger partial charge in [-0.1, -0.05) is 35.3 Å². The molecule has 1 amide bonds. The van der Waals surface area contributed by atoms with Gasteiger partial charge in [0.25, 0.3) is 5.91 Å². The highest BCUT2D eigenvalue weighted by Gasteiger charge is 2.08. The Hall–Kier alpha value is -1.71. The largest absolute Gasteiger partial charge is 0.484 e. The Balaban J connectivity index is 1.96. The summed E-state index contributed by atoms with van der Waals surface area (Å²) < 4.78 is 5.42. The number of aryl methyl sites for hydroxylation is 1. The summed E-state index contributed by atoms with van der Waals surface area (Å²) >= 11 is 12.0. The van der Waals surface area contributed by atoms with Crippen LogP contribution in [0.4, 0.5) is 5.69 Å². The molecule has 110 valence electrons. The highest BCUT2D eigenvalue weighted by Crippen LogP contribution is 2.23. The molecule has 0 heterocycles. The van der Waals surface area contributed by atoms with Gasteiger partial charge in [-0.25, -0.2) is 0 Å². The molecule has 0 aliphatic rings. The summed E-state index contributed by atoms with van der Waals surface area (Å²) in [5.41, 5.74) is 2.46. The first-order chi connectivity index (χ1) is 9.97. The second kappa shape index (κ2) is 6.83. The van der Waals surface area contributed by atoms with Crippen molar-refractivity contribution in [3.63, 3.8) is 0 Å². The van der Waals surface area contributed by atoms with Crippen LogP contribution in [0, 0.1) is 13.8 Å². The normalized spacial score (nSPS) is 10.3. The zero-order valence-corrected chi connectivity index (χ0v) is 13.3. The van der Waals surface area contributed by atoms with Gasteiger partial charge >= 0.3 is 0 Å². The maximum atomic E-state index is 11.9. The summed E-state index contributed by atoms with van der Waals surface area (Å²) in [7, 11) is 0. The smallest absolute Gasteiger partial charge is 0.262 e. The number of halogens is 2. The molecule has 0 spiro atoms. The fourth-order valence-corrected chi connectivity index (χ4v) is 2.09. The summed E-state index contributed by atoms with van der Waals surface area (Å²) in [5.74, 6) is 0.306. The Kier molecular flexibility index (Phi) is 5.10. The number of nitrogens with one attached hydrogen (secondary N) is 1. The zero-order valence-electron chi connectivity index (χ0n) is 11.7. The first-order valence-corrected chi connectivity index (χ1v) is 7.17. The van der Waals surface area contributed by atoms with Gasteiger partial charge in [0.05, 0.1) is 0 Å². The van der Waals surface area contributed by atoms with Crippen LogP contribution in [-0.2, 0) is 4.79 Å². The lowest BCUT2D eigenvalue weighted by Gasteiger charge is -2.11. The van der Waals surface area contributed by atoms with Gasteiger partial charge in [-0.2, -0.15) is 0 Å². The third kappa shape index (κ3) is 4.13. The van der Waals surface area contributed by atoms with E-state index >= 15 is 0 Å². The molecule has 0 unspecified atom stereocenters. The van der Waals surface area contributed by atoms with Crippen molar-refractivity contribution in [3.05, 3.63) is 57.6 Å². The summed E-state index contributed by atoms with van der Waals surface area (Å²) in [5, 5.41) is 3.99. The molecule has 0 radical (unpaired) electrons. The van der Waals surface area contributed by atoms with E-state index in [1.807, 2.05) is 19.9 Å². The molecule has 0 atom stereocenters. The summed E-state index contributed by atoms with van der Waals surface area (Å²) in [4.78, 5) is 11.9. The Morgan fingerprint density at radius 3 is 2.62 bits per heavy atom. The maximum Gasteiger partial charge on any atom is 0.262 e. The van der Waals surface area contributed by atoms with E-state index < -0.39 is 0 Å². The first-order valence-electron chi connectivity index (χ1n) is 6.41. The predicted molar refractivity (Wildman–Crippen MR) is 86.5 cm³/mol. The van der Waals surface area contributed by atoms with Gasteiger partial charge in [0.15, 0.2) is 6.61 Å². The van der Waals surface area contributed by atoms with Gasteiger partial charge in [-0.05, 0) is 49.2 Å². The summed E-state index contributed by atoms with van der Waals surface area (Å²) in [6.45, 7) is 3.66. The van der Waals surface area contributed by atoms with Crippen LogP contribution >= 0.6 is 23.2 Å². The lowest BCUT2D eigenvalue weighted by atomic mass is 10.2. The van der Waals surface area contributed by atoms with Crippen LogP contribution < -0.4 is 10.1 Å². The van der Waals surface area contributed by atoms with Crippen molar-refractivity contribution < 1.29 is 9.53 Å². The van der Waals surface area contributed by atoms with Gasteiger partial charge in [0.2, 0.25) is 0 Å². The van der Waals surface area contributed by atoms with Crippen molar-refractivity contribution in [1.82, 2.24) is 0 Å². The number of rotatable bonds is 4. The Labute approximate surface area is 133 Å². The van der Waals surface area contributed by atoms with E-state index in [9.17, 15) is 4.79 Å². The fourth-order valence-electron chi connectivity index (χ4n) is 1.74. The van der Waals surface area contributed by atoms with Gasteiger partial charge in [0, 0.05) is 15.7 Å². The molecule has 5 heteroatoms. The molecule has 3 nitrogen and oxygen atoms in total. The molecule has 0 aliphatic carbocycles. The first kappa shape index (κ1) is 15.7. The minimum Gasteiger partial charge on any atom is -0.484 e. The van der Waals surface area contributed by atoms with Gasteiger partial charge in [-0.3, -0.25) is 4.79 Å². The molecule has 0 saturated heterocycles. The van der Waals surface area contributed by atoms with Crippen LogP contribution in [0.1, 0.15) is 11.1 Å². The molecule has 0 aromatic heterocycles. The van der Waals surface area contributed by atoms with E-state index in [-0.39, 0.29) is 12.5 Å². The number of carbonyl (C=O) groups is 1. The van der Waals surface area contributed by atoms with Crippen LogP contribution in [0.5, 0.6) is 5.75 Å². The number of anilines is 1. The van der Waals surface area contributed by atoms with Crippen molar-refractivity contribution in [1.29, 1.82) is 0 Å². The molecule has 1 N–H and O–H groups in total. The molecule has 0 aliphatic heterocycles. The lowest BCUT2D eigenvalue weighted by Crippen LogP contribution is -2.20. The lowest BCUT2D eigenvalue weighted by molar-refractivity contribution is -0.118. The summed E-state index contributed by atoms with van der Waals surface area (Å²) in [6, 6.07) is 10.7. The molecule has 2 rings (SSSR count). The van der Waals surface area contributed by atoms with E-state index in [2.05, 4.69) is 5.32 Å². The SMILES string of the molecule is Cc1ccc(OCC(=O)Nc2cccc(Cl)c2C)cc1Cl. The third-order valence-electron chi connectivity index (χ3n) is 3.06. The maximum absolute atomic E-state index is 11.9. The van der Waals surface area contributed by atoms with Gasteiger partial charge in [-0.15, -0.1) is 0 Å². The topological polar surface area (TPSA) is 38.3 Å². The number of carbonyl (C=O) groups excluding carboxylic acids is 1. The van der Waals surface area contributed by atoms with E-state index in [0.717, 1.165) is 11.1 Å². The number of ether oxygens (including phenoxy) is 1. The quantitative estimate of drug-likeness (QED) is 0.890. The fraction of sp³-hybridized carbons (Fsp3) is 0.188. The molecule has 21 heavy (non-hydrogen) atoms. The standard InChI is InChI=1S/C16H15Cl2NO2/c1-10-6-7-12(8-14(10)18)21-9-16(20)19-15-5-3-4-13(17)11(15)2/h3-8H,9H2,1-2H3,(H,19,20). The van der Waals surface area contributed by atoms with Crippen LogP contribution in [-0.4, -0.2) is 12.5 Å². The Bertz CT molecular complexity index is 671. The van der Waals surface area contributed by atoms with Crippen LogP contribution in [0.3, 0.4) is 0 Å². The second-order valence-electron chi connectivity index (χ2n) is 4.66. The number of hydrogen-bond donors (Lipinski definition) is 1. The average molecular weight is 324 g/mol. The molecule has 2 aromatic carbocycles. The third-order valence-corrected chi connectivity index (χ3v) is 3.87. The van der Waals surface area contributed by atoms with E-state index in [4.69, 9.17) is 27.9 Å². The minimum absolute atomic E-state index is 0.0919. The highest BCUT2D eigenvalue weighted by atomic mass is 35.5. The molecule has 2 aromatic rings. The molecular weight excluding hydrogens is 309 g/mol. The van der Waals surface area contributed by atoms with Crippen molar-refractivity contribution in [2.75, 3.05) is 11.9 Å². The number of benzene rings is 2. The van der Waals surface area contributed by atoms with Gasteiger partial charge < -0.3 is 10.1 Å². The van der Waals surface area contributed by atoms with Crippen LogP contribution in [0.2, 0.25) is 10.0 Å². The van der Waals surface area contributed by atoms with Crippen LogP contribution in [0.15, 0.2) is 36.4 Å². The molecule has 0 bridgehead atoms. The predicted octanol–water partition coefficient (Wildman–Crippen LogP) is 4.63. The Morgan fingerprint density at radius 1 is 1.14 bits per heavy atom. The Morgan fingerprint density at radius 2 is 1.90 bits per heavy atom. The van der Waals surface area contributed by atoms with Crippen molar-refractivity contribution >= 4 is 34.8 Å². The monoisotopic (exact) mass is 323 g/mol. The van der Waals surface area contributed by atoms with E-state index in [1.165, 1.54) is 0 Å². The molecule has 0 fully saturated rings. The summed E-state index contributed by atoms with van der Waals surface area (Å²) in [6.07, 6.45) is 0. The van der Waals surface area contributed by atoms with Crippen molar-refractivity contribution in [3.8, 4) is 5.75 Å². The zero-order chi connectivity index (χ0) is 15.4. The van der Waals surface area contributed by atoms with Crippen molar-refractivity contribution in [2.45, 2.75) is 13.8 Å². The number of amides is 1. The van der Waals surface area contributed by atoms with E-state index in [1.54, 1.807) is 30.3 Å². The minimum atomic E-state index is -0.253. The van der Waals surface area contributed by atoms with Crippen molar-refractivity contribution in [2.24, 2.45) is 0 Å². The molecular formula is C16H15Cl2NO2. The molecule has 0 saturated carbocycles.